The summed E-state index contributed by atoms with van der Waals surface area (Å²) in [6.45, 7) is 6.76. The van der Waals surface area contributed by atoms with Gasteiger partial charge in [-0.05, 0) is 38.9 Å². The highest BCUT2D eigenvalue weighted by atomic mass is 19.3. The predicted molar refractivity (Wildman–Crippen MR) is 78.4 cm³/mol. The van der Waals surface area contributed by atoms with Crippen LogP contribution in [-0.4, -0.2) is 25.7 Å². The van der Waals surface area contributed by atoms with Crippen molar-refractivity contribution >= 4 is 0 Å². The second kappa shape index (κ2) is 7.07. The summed E-state index contributed by atoms with van der Waals surface area (Å²) >= 11 is 0. The van der Waals surface area contributed by atoms with Gasteiger partial charge in [0.2, 0.25) is 0 Å². The molecule has 1 N–H and O–H groups in total. The number of benzene rings is 1. The van der Waals surface area contributed by atoms with Crippen LogP contribution in [0, 0.1) is 0 Å². The molecule has 0 radical (unpaired) electrons. The summed E-state index contributed by atoms with van der Waals surface area (Å²) in [5.74, 6) is 1.23. The Kier molecular flexibility index (Phi) is 5.39. The maximum Gasteiger partial charge on any atom is 0.257 e. The normalized spacial score (nSPS) is 18.5. The lowest BCUT2D eigenvalue weighted by atomic mass is 10.0. The van der Waals surface area contributed by atoms with E-state index in [9.17, 15) is 8.78 Å². The Morgan fingerprint density at radius 2 is 2.14 bits per heavy atom. The van der Waals surface area contributed by atoms with Crippen LogP contribution in [0.1, 0.15) is 44.4 Å². The van der Waals surface area contributed by atoms with Crippen molar-refractivity contribution in [3.8, 4) is 11.5 Å². The zero-order valence-electron chi connectivity index (χ0n) is 12.8. The van der Waals surface area contributed by atoms with Crippen molar-refractivity contribution in [3.63, 3.8) is 0 Å². The van der Waals surface area contributed by atoms with Gasteiger partial charge in [0.1, 0.15) is 17.6 Å². The maximum atomic E-state index is 13.4. The van der Waals surface area contributed by atoms with Crippen molar-refractivity contribution in [2.45, 2.75) is 52.2 Å². The van der Waals surface area contributed by atoms with Crippen LogP contribution in [0.5, 0.6) is 11.5 Å². The van der Waals surface area contributed by atoms with Gasteiger partial charge in [0, 0.05) is 17.5 Å². The third-order valence-corrected chi connectivity index (χ3v) is 3.53. The van der Waals surface area contributed by atoms with Gasteiger partial charge in [0.05, 0.1) is 12.6 Å². The van der Waals surface area contributed by atoms with E-state index in [4.69, 9.17) is 9.47 Å². The van der Waals surface area contributed by atoms with Crippen molar-refractivity contribution in [2.75, 3.05) is 13.2 Å². The Morgan fingerprint density at radius 3 is 2.76 bits per heavy atom. The van der Waals surface area contributed by atoms with E-state index in [0.717, 1.165) is 18.4 Å². The SMILES string of the molecule is CCCNC(c1cc2c(cc1OCC)CC(C)O2)C(F)F. The van der Waals surface area contributed by atoms with Gasteiger partial charge in [-0.15, -0.1) is 0 Å². The first-order valence-electron chi connectivity index (χ1n) is 7.54. The third kappa shape index (κ3) is 3.64. The van der Waals surface area contributed by atoms with E-state index in [0.29, 0.717) is 30.2 Å². The number of fused-ring (bicyclic) bond motifs is 1. The molecular formula is C16H23F2NO2. The van der Waals surface area contributed by atoms with Crippen LogP contribution in [0.15, 0.2) is 12.1 Å². The smallest absolute Gasteiger partial charge is 0.257 e. The van der Waals surface area contributed by atoms with E-state index in [1.807, 2.05) is 26.8 Å². The molecule has 1 aromatic rings. The largest absolute Gasteiger partial charge is 0.494 e. The topological polar surface area (TPSA) is 30.5 Å². The molecular weight excluding hydrogens is 276 g/mol. The molecule has 0 aliphatic carbocycles. The van der Waals surface area contributed by atoms with E-state index >= 15 is 0 Å². The van der Waals surface area contributed by atoms with Crippen LogP contribution in [0.3, 0.4) is 0 Å². The Hall–Kier alpha value is -1.36. The molecule has 1 heterocycles. The molecule has 5 heteroatoms. The molecule has 0 spiro atoms. The molecule has 0 bridgehead atoms. The first-order chi connectivity index (χ1) is 10.1. The van der Waals surface area contributed by atoms with Crippen molar-refractivity contribution in [1.29, 1.82) is 0 Å². The zero-order chi connectivity index (χ0) is 15.4. The lowest BCUT2D eigenvalue weighted by Crippen LogP contribution is -2.28. The summed E-state index contributed by atoms with van der Waals surface area (Å²) in [5, 5.41) is 2.90. The van der Waals surface area contributed by atoms with E-state index in [1.54, 1.807) is 6.07 Å². The first-order valence-corrected chi connectivity index (χ1v) is 7.54. The molecule has 0 fully saturated rings. The van der Waals surface area contributed by atoms with Crippen LogP contribution in [-0.2, 0) is 6.42 Å². The molecule has 3 nitrogen and oxygen atoms in total. The fraction of sp³-hybridized carbons (Fsp3) is 0.625. The molecule has 118 valence electrons. The Bertz CT molecular complexity index is 480. The minimum Gasteiger partial charge on any atom is -0.494 e. The van der Waals surface area contributed by atoms with Crippen LogP contribution in [0.2, 0.25) is 0 Å². The Balaban J connectivity index is 2.37. The summed E-state index contributed by atoms with van der Waals surface area (Å²) in [6, 6.07) is 2.53. The number of rotatable bonds is 7. The highest BCUT2D eigenvalue weighted by molar-refractivity contribution is 5.50. The second-order valence-corrected chi connectivity index (χ2v) is 5.33. The Labute approximate surface area is 124 Å². The summed E-state index contributed by atoms with van der Waals surface area (Å²) in [4.78, 5) is 0. The number of ether oxygens (including phenoxy) is 2. The molecule has 0 saturated carbocycles. The van der Waals surface area contributed by atoms with Gasteiger partial charge in [0.15, 0.2) is 0 Å². The molecule has 1 aliphatic heterocycles. The van der Waals surface area contributed by atoms with Gasteiger partial charge in [-0.1, -0.05) is 6.92 Å². The van der Waals surface area contributed by atoms with Crippen molar-refractivity contribution < 1.29 is 18.3 Å². The number of halogens is 2. The molecule has 1 aromatic carbocycles. The van der Waals surface area contributed by atoms with Crippen molar-refractivity contribution in [2.24, 2.45) is 0 Å². The molecule has 0 saturated heterocycles. The van der Waals surface area contributed by atoms with E-state index < -0.39 is 12.5 Å². The minimum absolute atomic E-state index is 0.0818. The monoisotopic (exact) mass is 299 g/mol. The number of alkyl halides is 2. The predicted octanol–water partition coefficient (Wildman–Crippen LogP) is 3.71. The molecule has 2 atom stereocenters. The maximum absolute atomic E-state index is 13.4. The summed E-state index contributed by atoms with van der Waals surface area (Å²) in [5.41, 5.74) is 1.51. The Morgan fingerprint density at radius 1 is 1.38 bits per heavy atom. The number of hydrogen-bond acceptors (Lipinski definition) is 3. The fourth-order valence-electron chi connectivity index (χ4n) is 2.61. The standard InChI is InChI=1S/C16H23F2NO2/c1-4-6-19-15(16(17)18)12-9-13-11(7-10(3)21-13)8-14(12)20-5-2/h8-10,15-16,19H,4-7H2,1-3H3. The van der Waals surface area contributed by atoms with Gasteiger partial charge < -0.3 is 14.8 Å². The van der Waals surface area contributed by atoms with Gasteiger partial charge >= 0.3 is 0 Å². The molecule has 1 aliphatic rings. The molecule has 2 unspecified atom stereocenters. The summed E-state index contributed by atoms with van der Waals surface area (Å²) < 4.78 is 38.1. The number of hydrogen-bond donors (Lipinski definition) is 1. The number of nitrogens with one attached hydrogen (secondary N) is 1. The van der Waals surface area contributed by atoms with Crippen LogP contribution >= 0.6 is 0 Å². The highest BCUT2D eigenvalue weighted by Gasteiger charge is 2.29. The lowest BCUT2D eigenvalue weighted by Gasteiger charge is -2.22. The van der Waals surface area contributed by atoms with Crippen LogP contribution in [0.4, 0.5) is 8.78 Å². The summed E-state index contributed by atoms with van der Waals surface area (Å²) in [7, 11) is 0. The summed E-state index contributed by atoms with van der Waals surface area (Å²) in [6.07, 6.45) is -0.825. The second-order valence-electron chi connectivity index (χ2n) is 5.33. The molecule has 2 rings (SSSR count). The van der Waals surface area contributed by atoms with E-state index in [1.165, 1.54) is 0 Å². The van der Waals surface area contributed by atoms with E-state index in [2.05, 4.69) is 5.32 Å². The quantitative estimate of drug-likeness (QED) is 0.832. The average Bonchev–Trinajstić information content (AvgIpc) is 2.78. The van der Waals surface area contributed by atoms with Crippen molar-refractivity contribution in [1.82, 2.24) is 5.32 Å². The van der Waals surface area contributed by atoms with Gasteiger partial charge in [-0.3, -0.25) is 0 Å². The zero-order valence-corrected chi connectivity index (χ0v) is 12.8. The molecule has 0 amide bonds. The molecule has 0 aromatic heterocycles. The first kappa shape index (κ1) is 16.0. The van der Waals surface area contributed by atoms with Crippen LogP contribution < -0.4 is 14.8 Å². The van der Waals surface area contributed by atoms with E-state index in [-0.39, 0.29) is 6.10 Å². The molecule has 21 heavy (non-hydrogen) atoms. The van der Waals surface area contributed by atoms with Gasteiger partial charge in [-0.2, -0.15) is 0 Å². The minimum atomic E-state index is -2.49. The van der Waals surface area contributed by atoms with Crippen LogP contribution in [0.25, 0.3) is 0 Å². The average molecular weight is 299 g/mol. The fourth-order valence-corrected chi connectivity index (χ4v) is 2.61. The van der Waals surface area contributed by atoms with Gasteiger partial charge in [-0.25, -0.2) is 8.78 Å². The lowest BCUT2D eigenvalue weighted by molar-refractivity contribution is 0.0966. The van der Waals surface area contributed by atoms with Crippen molar-refractivity contribution in [3.05, 3.63) is 23.3 Å². The van der Waals surface area contributed by atoms with Gasteiger partial charge in [0.25, 0.3) is 6.43 Å². The third-order valence-electron chi connectivity index (χ3n) is 3.53. The highest BCUT2D eigenvalue weighted by Crippen LogP contribution is 2.39.